The summed E-state index contributed by atoms with van der Waals surface area (Å²) in [4.78, 5) is 8.81. The van der Waals surface area contributed by atoms with Crippen LogP contribution in [0.3, 0.4) is 0 Å². The molecule has 0 aromatic heterocycles. The molecule has 3 heteroatoms. The van der Waals surface area contributed by atoms with Crippen molar-refractivity contribution in [2.75, 3.05) is 20.8 Å². The second kappa shape index (κ2) is 25.6. The van der Waals surface area contributed by atoms with Crippen LogP contribution in [0.25, 0.3) is 0 Å². The summed E-state index contributed by atoms with van der Waals surface area (Å²) in [6.45, 7) is 31.0. The lowest BCUT2D eigenvalue weighted by molar-refractivity contribution is -0.106. The number of ether oxygens (including phenoxy) is 2. The molecule has 0 N–H and O–H groups in total. The van der Waals surface area contributed by atoms with E-state index in [2.05, 4.69) is 53.0 Å². The zero-order chi connectivity index (χ0) is 22.3. The zero-order valence-electron chi connectivity index (χ0n) is 18.0. The fourth-order valence-electron chi connectivity index (χ4n) is 1.29. The van der Waals surface area contributed by atoms with E-state index in [0.717, 1.165) is 35.0 Å². The molecule has 0 aliphatic heterocycles. The number of hydrogen-bond acceptors (Lipinski definition) is 3. The van der Waals surface area contributed by atoms with Crippen LogP contribution in [0, 0.1) is 0 Å². The van der Waals surface area contributed by atoms with Crippen LogP contribution in [0.2, 0.25) is 0 Å². The van der Waals surface area contributed by atoms with Gasteiger partial charge in [0.05, 0.1) is 13.7 Å². The van der Waals surface area contributed by atoms with Crippen molar-refractivity contribution in [2.24, 2.45) is 0 Å². The Bertz CT molecular complexity index is 514. The molecule has 0 aromatic rings. The zero-order valence-corrected chi connectivity index (χ0v) is 18.0. The van der Waals surface area contributed by atoms with E-state index in [1.807, 2.05) is 19.1 Å². The predicted molar refractivity (Wildman–Crippen MR) is 122 cm³/mol. The van der Waals surface area contributed by atoms with Crippen molar-refractivity contribution in [1.29, 1.82) is 0 Å². The smallest absolute Gasteiger partial charge is 0.116 e. The van der Waals surface area contributed by atoms with Crippen LogP contribution in [0.4, 0.5) is 0 Å². The van der Waals surface area contributed by atoms with Crippen LogP contribution < -0.4 is 0 Å². The Balaban J connectivity index is -0.000000283. The number of rotatable bonds is 9. The SMILES string of the molecule is C=C.C=C(/C=C(/COC)C(=C)C(=C)/C=C\C(=C)OC)CC.C=CC.CC=O. The van der Waals surface area contributed by atoms with Gasteiger partial charge in [-0.1, -0.05) is 57.0 Å². The molecular weight excluding hydrogens is 336 g/mol. The lowest BCUT2D eigenvalue weighted by Crippen LogP contribution is -1.99. The summed E-state index contributed by atoms with van der Waals surface area (Å²) in [5.41, 5.74) is 3.64. The third-order valence-electron chi connectivity index (χ3n) is 2.64. The molecular formula is C24H38O3. The van der Waals surface area contributed by atoms with Crippen LogP contribution in [0.5, 0.6) is 0 Å². The van der Waals surface area contributed by atoms with Crippen LogP contribution in [-0.2, 0) is 14.3 Å². The van der Waals surface area contributed by atoms with Crippen LogP contribution in [0.15, 0.2) is 98.4 Å². The molecule has 0 heterocycles. The van der Waals surface area contributed by atoms with Crippen molar-refractivity contribution in [2.45, 2.75) is 27.2 Å². The van der Waals surface area contributed by atoms with Gasteiger partial charge in [-0.25, -0.2) is 0 Å². The maximum atomic E-state index is 8.81. The highest BCUT2D eigenvalue weighted by Crippen LogP contribution is 2.20. The molecule has 0 fully saturated rings. The van der Waals surface area contributed by atoms with E-state index in [-0.39, 0.29) is 0 Å². The fourth-order valence-corrected chi connectivity index (χ4v) is 1.29. The number of carbonyl (C=O) groups excluding carboxylic acids is 1. The quantitative estimate of drug-likeness (QED) is 0.198. The second-order valence-electron chi connectivity index (χ2n) is 4.77. The standard InChI is InChI=1S/C17H24O2.C3H6.C2H4O.C2H4/c1-8-13(2)11-17(12-18-6)16(5)14(3)9-10-15(4)19-7;1-3-2;1-2-3;1-2/h9-11H,2-5,8,12H2,1,6-7H3;3H,1H2,2H3;2H,1H3;1-2H2/b10-9-,17-11-;;;. The monoisotopic (exact) mass is 374 g/mol. The molecule has 0 rings (SSSR count). The van der Waals surface area contributed by atoms with Crippen molar-refractivity contribution in [3.05, 3.63) is 98.4 Å². The summed E-state index contributed by atoms with van der Waals surface area (Å²) in [5.74, 6) is 0.573. The lowest BCUT2D eigenvalue weighted by Gasteiger charge is -2.11. The number of allylic oxidation sites excluding steroid dienone is 6. The van der Waals surface area contributed by atoms with E-state index in [4.69, 9.17) is 14.3 Å². The number of aldehydes is 1. The molecule has 27 heavy (non-hydrogen) atoms. The Kier molecular flexibility index (Phi) is 30.4. The Hall–Kier alpha value is -2.65. The normalized spacial score (nSPS) is 9.15. The van der Waals surface area contributed by atoms with E-state index in [1.165, 1.54) is 6.92 Å². The van der Waals surface area contributed by atoms with Gasteiger partial charge in [0, 0.05) is 7.11 Å². The minimum Gasteiger partial charge on any atom is -0.497 e. The molecule has 0 spiro atoms. The average molecular weight is 375 g/mol. The number of methoxy groups -OCH3 is 2. The summed E-state index contributed by atoms with van der Waals surface area (Å²) >= 11 is 0. The lowest BCUT2D eigenvalue weighted by atomic mass is 9.98. The van der Waals surface area contributed by atoms with Gasteiger partial charge in [0.25, 0.3) is 0 Å². The molecule has 0 aliphatic rings. The summed E-state index contributed by atoms with van der Waals surface area (Å²) in [7, 11) is 3.23. The average Bonchev–Trinajstić information content (AvgIpc) is 2.67. The molecule has 0 bridgehead atoms. The highest BCUT2D eigenvalue weighted by molar-refractivity contribution is 5.51. The third-order valence-corrected chi connectivity index (χ3v) is 2.64. The molecule has 0 aromatic carbocycles. The van der Waals surface area contributed by atoms with E-state index in [1.54, 1.807) is 26.4 Å². The van der Waals surface area contributed by atoms with Gasteiger partial charge in [-0.15, -0.1) is 19.7 Å². The molecule has 0 saturated carbocycles. The maximum Gasteiger partial charge on any atom is 0.116 e. The number of hydrogen-bond donors (Lipinski definition) is 0. The van der Waals surface area contributed by atoms with Crippen molar-refractivity contribution in [3.8, 4) is 0 Å². The van der Waals surface area contributed by atoms with Gasteiger partial charge in [-0.2, -0.15) is 0 Å². The first kappa shape index (κ1) is 32.1. The van der Waals surface area contributed by atoms with E-state index in [9.17, 15) is 0 Å². The van der Waals surface area contributed by atoms with E-state index in [0.29, 0.717) is 12.4 Å². The van der Waals surface area contributed by atoms with Crippen molar-refractivity contribution >= 4 is 6.29 Å². The van der Waals surface area contributed by atoms with Crippen LogP contribution >= 0.6 is 0 Å². The molecule has 0 aliphatic carbocycles. The second-order valence-corrected chi connectivity index (χ2v) is 4.77. The van der Waals surface area contributed by atoms with Gasteiger partial charge in [-0.3, -0.25) is 0 Å². The molecule has 0 unspecified atom stereocenters. The summed E-state index contributed by atoms with van der Waals surface area (Å²) in [6.07, 6.45) is 8.97. The Labute approximate surface area is 167 Å². The van der Waals surface area contributed by atoms with Crippen LogP contribution in [0.1, 0.15) is 27.2 Å². The van der Waals surface area contributed by atoms with Gasteiger partial charge >= 0.3 is 0 Å². The fraction of sp³-hybridized carbons (Fsp3) is 0.292. The molecule has 0 saturated heterocycles. The highest BCUT2D eigenvalue weighted by atomic mass is 16.5. The summed E-state index contributed by atoms with van der Waals surface area (Å²) in [6, 6.07) is 0. The minimum atomic E-state index is 0.482. The maximum absolute atomic E-state index is 8.81. The Morgan fingerprint density at radius 2 is 1.44 bits per heavy atom. The van der Waals surface area contributed by atoms with Gasteiger partial charge in [0.1, 0.15) is 12.0 Å². The molecule has 152 valence electrons. The van der Waals surface area contributed by atoms with Gasteiger partial charge in [0.2, 0.25) is 0 Å². The first-order chi connectivity index (χ1) is 12.8. The highest BCUT2D eigenvalue weighted by Gasteiger charge is 2.05. The van der Waals surface area contributed by atoms with E-state index >= 15 is 0 Å². The van der Waals surface area contributed by atoms with Crippen LogP contribution in [-0.4, -0.2) is 27.1 Å². The predicted octanol–water partition coefficient (Wildman–Crippen LogP) is 6.55. The van der Waals surface area contributed by atoms with Gasteiger partial charge in [-0.05, 0) is 43.1 Å². The topological polar surface area (TPSA) is 35.5 Å². The van der Waals surface area contributed by atoms with Gasteiger partial charge in [0.15, 0.2) is 0 Å². The first-order valence-corrected chi connectivity index (χ1v) is 8.42. The Morgan fingerprint density at radius 1 is 1.00 bits per heavy atom. The molecule has 0 radical (unpaired) electrons. The Morgan fingerprint density at radius 3 is 1.78 bits per heavy atom. The summed E-state index contributed by atoms with van der Waals surface area (Å²) < 4.78 is 10.2. The number of carbonyl (C=O) groups is 1. The molecule has 0 atom stereocenters. The molecule has 3 nitrogen and oxygen atoms in total. The third kappa shape index (κ3) is 23.4. The van der Waals surface area contributed by atoms with Gasteiger partial charge < -0.3 is 14.3 Å². The van der Waals surface area contributed by atoms with Crippen molar-refractivity contribution in [1.82, 2.24) is 0 Å². The minimum absolute atomic E-state index is 0.482. The summed E-state index contributed by atoms with van der Waals surface area (Å²) in [5, 5.41) is 0. The molecule has 0 amide bonds. The first-order valence-electron chi connectivity index (χ1n) is 8.42. The van der Waals surface area contributed by atoms with Crippen molar-refractivity contribution < 1.29 is 14.3 Å². The van der Waals surface area contributed by atoms with E-state index < -0.39 is 0 Å². The van der Waals surface area contributed by atoms with Crippen molar-refractivity contribution in [3.63, 3.8) is 0 Å². The largest absolute Gasteiger partial charge is 0.497 e.